The first-order chi connectivity index (χ1) is 25.5. The molecule has 52 heavy (non-hydrogen) atoms. The lowest BCUT2D eigenvalue weighted by atomic mass is 9.82. The highest BCUT2D eigenvalue weighted by molar-refractivity contribution is 7.26. The Morgan fingerprint density at radius 2 is 0.942 bits per heavy atom. The van der Waals surface area contributed by atoms with Crippen LogP contribution in [0.2, 0.25) is 0 Å². The van der Waals surface area contributed by atoms with Crippen LogP contribution in [0.15, 0.2) is 170 Å². The molecule has 0 bridgehead atoms. The molecule has 0 aliphatic heterocycles. The molecule has 0 nitrogen and oxygen atoms in total. The van der Waals surface area contributed by atoms with Gasteiger partial charge in [0.15, 0.2) is 0 Å². The van der Waals surface area contributed by atoms with Crippen molar-refractivity contribution < 1.29 is 0 Å². The van der Waals surface area contributed by atoms with E-state index in [1.54, 1.807) is 0 Å². The number of hydrogen-bond donors (Lipinski definition) is 0. The Bertz CT molecular complexity index is 3030. The smallest absolute Gasteiger partial charge is 0.0361 e. The van der Waals surface area contributed by atoms with Crippen molar-refractivity contribution in [3.8, 4) is 44.5 Å². The Morgan fingerprint density at radius 3 is 1.67 bits per heavy atom. The summed E-state index contributed by atoms with van der Waals surface area (Å²) in [5.41, 5.74) is 13.2. The predicted octanol–water partition coefficient (Wildman–Crippen LogP) is 14.8. The Labute approximate surface area is 307 Å². The highest BCUT2D eigenvalue weighted by Crippen LogP contribution is 2.54. The van der Waals surface area contributed by atoms with E-state index in [4.69, 9.17) is 0 Å². The van der Waals surface area contributed by atoms with Crippen molar-refractivity contribution in [2.75, 3.05) is 0 Å². The van der Waals surface area contributed by atoms with Gasteiger partial charge in [0.05, 0.1) is 0 Å². The van der Waals surface area contributed by atoms with E-state index in [0.717, 1.165) is 0 Å². The molecule has 1 aliphatic carbocycles. The summed E-state index contributed by atoms with van der Waals surface area (Å²) >= 11 is 1.91. The lowest BCUT2D eigenvalue weighted by molar-refractivity contribution is 0.661. The van der Waals surface area contributed by atoms with Gasteiger partial charge in [-0.05, 0) is 106 Å². The molecule has 0 radical (unpaired) electrons. The van der Waals surface area contributed by atoms with Crippen molar-refractivity contribution in [2.24, 2.45) is 0 Å². The second-order valence-corrected chi connectivity index (χ2v) is 15.9. The summed E-state index contributed by atoms with van der Waals surface area (Å²) in [5, 5.41) is 10.4. The summed E-state index contributed by atoms with van der Waals surface area (Å²) in [6, 6.07) is 63.4. The Morgan fingerprint density at radius 1 is 0.365 bits per heavy atom. The van der Waals surface area contributed by atoms with Crippen LogP contribution >= 0.6 is 11.3 Å². The van der Waals surface area contributed by atoms with Crippen molar-refractivity contribution in [3.05, 3.63) is 181 Å². The molecule has 1 aromatic heterocycles. The monoisotopic (exact) mass is 678 g/mol. The molecule has 1 heteroatoms. The molecule has 10 aromatic rings. The van der Waals surface area contributed by atoms with Gasteiger partial charge in [-0.15, -0.1) is 11.3 Å². The average Bonchev–Trinajstić information content (AvgIpc) is 3.68. The molecule has 9 aromatic carbocycles. The largest absolute Gasteiger partial charge is 0.135 e. The Balaban J connectivity index is 1.04. The van der Waals surface area contributed by atoms with Crippen molar-refractivity contribution in [3.63, 3.8) is 0 Å². The molecule has 0 amide bonds. The van der Waals surface area contributed by atoms with E-state index >= 15 is 0 Å². The van der Waals surface area contributed by atoms with Gasteiger partial charge < -0.3 is 0 Å². The number of rotatable bonds is 3. The maximum atomic E-state index is 2.40. The maximum absolute atomic E-state index is 2.40. The van der Waals surface area contributed by atoms with Crippen LogP contribution in [0.5, 0.6) is 0 Å². The summed E-state index contributed by atoms with van der Waals surface area (Å²) in [5.74, 6) is 0. The molecule has 11 rings (SSSR count). The molecule has 0 N–H and O–H groups in total. The van der Waals surface area contributed by atoms with Gasteiger partial charge in [0.2, 0.25) is 0 Å². The number of hydrogen-bond acceptors (Lipinski definition) is 1. The zero-order chi connectivity index (χ0) is 34.6. The number of benzene rings is 9. The average molecular weight is 679 g/mol. The highest BCUT2D eigenvalue weighted by Gasteiger charge is 2.36. The van der Waals surface area contributed by atoms with Crippen molar-refractivity contribution in [1.29, 1.82) is 0 Å². The molecular formula is C51H34S. The van der Waals surface area contributed by atoms with E-state index in [9.17, 15) is 0 Å². The van der Waals surface area contributed by atoms with Crippen LogP contribution in [-0.2, 0) is 5.41 Å². The van der Waals surface area contributed by atoms with Crippen LogP contribution < -0.4 is 0 Å². The second-order valence-electron chi connectivity index (χ2n) is 14.8. The van der Waals surface area contributed by atoms with Crippen LogP contribution in [0, 0.1) is 0 Å². The van der Waals surface area contributed by atoms with Crippen LogP contribution in [0.3, 0.4) is 0 Å². The summed E-state index contributed by atoms with van der Waals surface area (Å²) in [6.45, 7) is 4.73. The van der Waals surface area contributed by atoms with E-state index in [2.05, 4.69) is 184 Å². The molecule has 0 fully saturated rings. The molecule has 0 unspecified atom stereocenters. The number of thiophene rings is 1. The first-order valence-corrected chi connectivity index (χ1v) is 19.0. The fourth-order valence-corrected chi connectivity index (χ4v) is 10.3. The molecule has 0 spiro atoms. The fraction of sp³-hybridized carbons (Fsp3) is 0.0588. The van der Waals surface area contributed by atoms with Gasteiger partial charge in [0, 0.05) is 25.6 Å². The minimum Gasteiger partial charge on any atom is -0.135 e. The van der Waals surface area contributed by atoms with Crippen molar-refractivity contribution >= 4 is 63.8 Å². The maximum Gasteiger partial charge on any atom is 0.0361 e. The standard InChI is InChI=1S/C51H34S/c1-51(2)43-18-10-9-17-41(43)49-44(51)27-28-45-50(49)42-26-25-35(30-46(42)52-45)32-19-22-33(23-20-32)47-37-13-5-7-15-39(37)48(40-16-8-6-14-38(40)47)36-24-21-31-11-3-4-12-34(31)29-36/h3-30H,1-2H3. The lowest BCUT2D eigenvalue weighted by Crippen LogP contribution is -2.14. The third kappa shape index (κ3) is 4.21. The zero-order valence-corrected chi connectivity index (χ0v) is 29.9. The SMILES string of the molecule is CC1(C)c2ccccc2-c2c1ccc1sc3cc(-c4ccc(-c5c6ccccc6c(-c6ccc7ccccc7c6)c6ccccc56)cc4)ccc3c21. The van der Waals surface area contributed by atoms with Crippen LogP contribution in [-0.4, -0.2) is 0 Å². The third-order valence-electron chi connectivity index (χ3n) is 11.7. The molecule has 1 heterocycles. The predicted molar refractivity (Wildman–Crippen MR) is 226 cm³/mol. The summed E-state index contributed by atoms with van der Waals surface area (Å²) in [6.07, 6.45) is 0. The van der Waals surface area contributed by atoms with Crippen molar-refractivity contribution in [1.82, 2.24) is 0 Å². The third-order valence-corrected chi connectivity index (χ3v) is 12.8. The first kappa shape index (κ1) is 29.7. The van der Waals surface area contributed by atoms with Gasteiger partial charge in [-0.1, -0.05) is 166 Å². The zero-order valence-electron chi connectivity index (χ0n) is 29.1. The lowest BCUT2D eigenvalue weighted by Gasteiger charge is -2.21. The molecule has 0 saturated carbocycles. The highest BCUT2D eigenvalue weighted by atomic mass is 32.1. The van der Waals surface area contributed by atoms with Gasteiger partial charge in [-0.3, -0.25) is 0 Å². The summed E-state index contributed by atoms with van der Waals surface area (Å²) in [7, 11) is 0. The molecular weight excluding hydrogens is 645 g/mol. The molecule has 244 valence electrons. The van der Waals surface area contributed by atoms with E-state index in [1.807, 2.05) is 11.3 Å². The fourth-order valence-electron chi connectivity index (χ4n) is 9.16. The van der Waals surface area contributed by atoms with Crippen LogP contribution in [0.4, 0.5) is 0 Å². The van der Waals surface area contributed by atoms with E-state index in [0.29, 0.717) is 0 Å². The number of fused-ring (bicyclic) bond motifs is 10. The van der Waals surface area contributed by atoms with Crippen molar-refractivity contribution in [2.45, 2.75) is 19.3 Å². The molecule has 0 atom stereocenters. The normalized spacial score (nSPS) is 13.3. The quantitative estimate of drug-likeness (QED) is 0.163. The molecule has 1 aliphatic rings. The van der Waals surface area contributed by atoms with Gasteiger partial charge in [0.25, 0.3) is 0 Å². The van der Waals surface area contributed by atoms with E-state index in [-0.39, 0.29) is 5.41 Å². The van der Waals surface area contributed by atoms with Crippen LogP contribution in [0.25, 0.3) is 97.0 Å². The molecule has 0 saturated heterocycles. The summed E-state index contributed by atoms with van der Waals surface area (Å²) < 4.78 is 2.70. The Hall–Kier alpha value is -6.02. The Kier molecular flexibility index (Phi) is 6.27. The second kappa shape index (κ2) is 11.0. The van der Waals surface area contributed by atoms with Gasteiger partial charge in [-0.2, -0.15) is 0 Å². The topological polar surface area (TPSA) is 0 Å². The first-order valence-electron chi connectivity index (χ1n) is 18.2. The van der Waals surface area contributed by atoms with Gasteiger partial charge >= 0.3 is 0 Å². The van der Waals surface area contributed by atoms with Crippen LogP contribution in [0.1, 0.15) is 25.0 Å². The van der Waals surface area contributed by atoms with E-state index < -0.39 is 0 Å². The van der Waals surface area contributed by atoms with Gasteiger partial charge in [0.1, 0.15) is 0 Å². The minimum absolute atomic E-state index is 0.00344. The summed E-state index contributed by atoms with van der Waals surface area (Å²) in [4.78, 5) is 0. The van der Waals surface area contributed by atoms with Gasteiger partial charge in [-0.25, -0.2) is 0 Å². The minimum atomic E-state index is 0.00344. The van der Waals surface area contributed by atoms with E-state index in [1.165, 1.54) is 108 Å².